The highest BCUT2D eigenvalue weighted by Gasteiger charge is 2.28. The van der Waals surface area contributed by atoms with E-state index >= 15 is 0 Å². The Morgan fingerprint density at radius 2 is 2.18 bits per heavy atom. The van der Waals surface area contributed by atoms with Gasteiger partial charge in [-0.25, -0.2) is 0 Å². The van der Waals surface area contributed by atoms with Gasteiger partial charge in [0.25, 0.3) is 5.56 Å². The van der Waals surface area contributed by atoms with Gasteiger partial charge >= 0.3 is 0 Å². The molecule has 2 aromatic rings. The summed E-state index contributed by atoms with van der Waals surface area (Å²) in [5, 5.41) is 0. The molecule has 0 aliphatic carbocycles. The molecule has 3 rings (SSSR count). The van der Waals surface area contributed by atoms with E-state index in [1.54, 1.807) is 24.7 Å². The average Bonchev–Trinajstić information content (AvgIpc) is 2.74. The summed E-state index contributed by atoms with van der Waals surface area (Å²) in [5.74, 6) is -0.0225. The number of aromatic amines is 1. The van der Waals surface area contributed by atoms with Crippen molar-refractivity contribution in [3.8, 4) is 11.1 Å². The van der Waals surface area contributed by atoms with Gasteiger partial charge in [0, 0.05) is 62.5 Å². The van der Waals surface area contributed by atoms with E-state index in [9.17, 15) is 9.59 Å². The Morgan fingerprint density at radius 3 is 2.89 bits per heavy atom. The van der Waals surface area contributed by atoms with Crippen LogP contribution in [-0.2, 0) is 4.79 Å². The number of likely N-dealkylation sites (tertiary alicyclic amines) is 1. The molecule has 3 heterocycles. The van der Waals surface area contributed by atoms with E-state index in [2.05, 4.69) is 14.9 Å². The summed E-state index contributed by atoms with van der Waals surface area (Å²) in [7, 11) is 0. The SMILES string of the molecule is CCN(c1cc(-c2ccncc2)c[nH]c1=O)C1CCCN(C(=O)C=CCN)C1. The van der Waals surface area contributed by atoms with E-state index in [1.165, 1.54) is 6.08 Å². The smallest absolute Gasteiger partial charge is 0.271 e. The Bertz CT molecular complexity index is 878. The van der Waals surface area contributed by atoms with Crippen LogP contribution in [0.5, 0.6) is 0 Å². The second kappa shape index (κ2) is 9.32. The maximum Gasteiger partial charge on any atom is 0.271 e. The fourth-order valence-corrected chi connectivity index (χ4v) is 3.70. The monoisotopic (exact) mass is 381 g/mol. The van der Waals surface area contributed by atoms with Crippen LogP contribution in [-0.4, -0.2) is 53.0 Å². The molecule has 0 bridgehead atoms. The van der Waals surface area contributed by atoms with Gasteiger partial charge in [-0.1, -0.05) is 6.08 Å². The molecule has 7 nitrogen and oxygen atoms in total. The molecule has 0 radical (unpaired) electrons. The largest absolute Gasteiger partial charge is 0.363 e. The van der Waals surface area contributed by atoms with Crippen molar-refractivity contribution in [2.24, 2.45) is 5.73 Å². The lowest BCUT2D eigenvalue weighted by atomic mass is 10.0. The van der Waals surface area contributed by atoms with Crippen molar-refractivity contribution >= 4 is 11.6 Å². The Labute approximate surface area is 164 Å². The second-order valence-corrected chi connectivity index (χ2v) is 6.84. The molecule has 1 atom stereocenters. The van der Waals surface area contributed by atoms with Gasteiger partial charge in [-0.15, -0.1) is 0 Å². The summed E-state index contributed by atoms with van der Waals surface area (Å²) in [6.45, 7) is 4.40. The van der Waals surface area contributed by atoms with Gasteiger partial charge in [0.15, 0.2) is 0 Å². The number of aromatic nitrogens is 2. The molecule has 2 aromatic heterocycles. The molecule has 1 fully saturated rings. The fourth-order valence-electron chi connectivity index (χ4n) is 3.70. The Kier molecular flexibility index (Phi) is 6.60. The van der Waals surface area contributed by atoms with Gasteiger partial charge in [0.1, 0.15) is 5.69 Å². The summed E-state index contributed by atoms with van der Waals surface area (Å²) >= 11 is 0. The van der Waals surface area contributed by atoms with Gasteiger partial charge in [0.05, 0.1) is 0 Å². The highest BCUT2D eigenvalue weighted by Crippen LogP contribution is 2.24. The van der Waals surface area contributed by atoms with Crippen molar-refractivity contribution < 1.29 is 4.79 Å². The van der Waals surface area contributed by atoms with Crippen LogP contribution < -0.4 is 16.2 Å². The van der Waals surface area contributed by atoms with Gasteiger partial charge < -0.3 is 20.5 Å². The zero-order valence-corrected chi connectivity index (χ0v) is 16.2. The van der Waals surface area contributed by atoms with Crippen molar-refractivity contribution in [3.05, 3.63) is 59.3 Å². The molecule has 3 N–H and O–H groups in total. The normalized spacial score (nSPS) is 17.1. The number of amides is 1. The summed E-state index contributed by atoms with van der Waals surface area (Å²) in [6.07, 6.45) is 10.3. The number of carbonyl (C=O) groups is 1. The molecule has 0 aromatic carbocycles. The van der Waals surface area contributed by atoms with Gasteiger partial charge in [-0.2, -0.15) is 0 Å². The number of nitrogens with one attached hydrogen (secondary N) is 1. The Morgan fingerprint density at radius 1 is 1.39 bits per heavy atom. The standard InChI is InChI=1S/C21H27N5O2/c1-2-26(18-5-4-12-25(15-18)20(27)6-3-9-22)19-13-17(14-24-21(19)28)16-7-10-23-11-8-16/h3,6-8,10-11,13-14,18H,2,4-5,9,12,15,22H2,1H3,(H,24,28). The highest BCUT2D eigenvalue weighted by molar-refractivity contribution is 5.87. The number of pyridine rings is 2. The number of rotatable bonds is 6. The van der Waals surface area contributed by atoms with E-state index in [0.717, 1.165) is 30.5 Å². The molecule has 1 saturated heterocycles. The predicted molar refractivity (Wildman–Crippen MR) is 111 cm³/mol. The van der Waals surface area contributed by atoms with E-state index < -0.39 is 0 Å². The lowest BCUT2D eigenvalue weighted by molar-refractivity contribution is -0.127. The van der Waals surface area contributed by atoms with Crippen LogP contribution in [0.4, 0.5) is 5.69 Å². The van der Waals surface area contributed by atoms with Crippen LogP contribution in [0, 0.1) is 0 Å². The third kappa shape index (κ3) is 4.48. The van der Waals surface area contributed by atoms with Crippen LogP contribution in [0.15, 0.2) is 53.7 Å². The fraction of sp³-hybridized carbons (Fsp3) is 0.381. The number of likely N-dealkylation sites (N-methyl/N-ethyl adjacent to an activating group) is 1. The minimum Gasteiger partial charge on any atom is -0.363 e. The minimum absolute atomic E-state index is 0.0225. The maximum atomic E-state index is 12.6. The number of nitrogens with zero attached hydrogens (tertiary/aromatic N) is 3. The van der Waals surface area contributed by atoms with Crippen molar-refractivity contribution in [1.82, 2.24) is 14.9 Å². The number of anilines is 1. The molecule has 28 heavy (non-hydrogen) atoms. The van der Waals surface area contributed by atoms with Crippen LogP contribution in [0.3, 0.4) is 0 Å². The number of hydrogen-bond acceptors (Lipinski definition) is 5. The molecule has 148 valence electrons. The molecule has 0 saturated carbocycles. The summed E-state index contributed by atoms with van der Waals surface area (Å²) in [4.78, 5) is 35.8. The molecule has 1 aliphatic rings. The van der Waals surface area contributed by atoms with E-state index in [1.807, 2.05) is 30.0 Å². The third-order valence-corrected chi connectivity index (χ3v) is 5.09. The van der Waals surface area contributed by atoms with Crippen molar-refractivity contribution in [3.63, 3.8) is 0 Å². The van der Waals surface area contributed by atoms with E-state index in [-0.39, 0.29) is 17.5 Å². The summed E-state index contributed by atoms with van der Waals surface area (Å²) < 4.78 is 0. The third-order valence-electron chi connectivity index (χ3n) is 5.09. The van der Waals surface area contributed by atoms with Crippen molar-refractivity contribution in [2.45, 2.75) is 25.8 Å². The first-order valence-corrected chi connectivity index (χ1v) is 9.69. The molecular formula is C21H27N5O2. The van der Waals surface area contributed by atoms with Crippen molar-refractivity contribution in [1.29, 1.82) is 0 Å². The van der Waals surface area contributed by atoms with Gasteiger partial charge in [-0.3, -0.25) is 14.6 Å². The first-order valence-electron chi connectivity index (χ1n) is 9.69. The van der Waals surface area contributed by atoms with Crippen LogP contribution >= 0.6 is 0 Å². The number of nitrogens with two attached hydrogens (primary N) is 1. The molecule has 0 spiro atoms. The zero-order valence-electron chi connectivity index (χ0n) is 16.2. The number of carbonyl (C=O) groups excluding carboxylic acids is 1. The molecule has 7 heteroatoms. The molecular weight excluding hydrogens is 354 g/mol. The van der Waals surface area contributed by atoms with E-state index in [4.69, 9.17) is 5.73 Å². The second-order valence-electron chi connectivity index (χ2n) is 6.84. The van der Waals surface area contributed by atoms with Crippen molar-refractivity contribution in [2.75, 3.05) is 31.1 Å². The topological polar surface area (TPSA) is 95.3 Å². The highest BCUT2D eigenvalue weighted by atomic mass is 16.2. The first-order chi connectivity index (χ1) is 13.6. The number of hydrogen-bond donors (Lipinski definition) is 2. The van der Waals surface area contributed by atoms with Crippen LogP contribution in [0.25, 0.3) is 11.1 Å². The van der Waals surface area contributed by atoms with Crippen LogP contribution in [0.2, 0.25) is 0 Å². The zero-order chi connectivity index (χ0) is 19.9. The maximum absolute atomic E-state index is 12.6. The van der Waals surface area contributed by atoms with Crippen LogP contribution in [0.1, 0.15) is 19.8 Å². The number of H-pyrrole nitrogens is 1. The quantitative estimate of drug-likeness (QED) is 0.744. The number of piperidine rings is 1. The Hall–Kier alpha value is -2.93. The molecule has 1 amide bonds. The average molecular weight is 381 g/mol. The summed E-state index contributed by atoms with van der Waals surface area (Å²) in [6, 6.07) is 5.85. The van der Waals surface area contributed by atoms with E-state index in [0.29, 0.717) is 25.3 Å². The minimum atomic E-state index is -0.119. The van der Waals surface area contributed by atoms with Gasteiger partial charge in [0.2, 0.25) is 5.91 Å². The first kappa shape index (κ1) is 19.8. The lowest BCUT2D eigenvalue weighted by Gasteiger charge is -2.39. The predicted octanol–water partition coefficient (Wildman–Crippen LogP) is 1.77. The lowest BCUT2D eigenvalue weighted by Crippen LogP contribution is -2.50. The molecule has 1 aliphatic heterocycles. The Balaban J connectivity index is 1.85. The summed E-state index contributed by atoms with van der Waals surface area (Å²) in [5.41, 5.74) is 7.90. The van der Waals surface area contributed by atoms with Gasteiger partial charge in [-0.05, 0) is 43.5 Å². The molecule has 1 unspecified atom stereocenters.